The van der Waals surface area contributed by atoms with E-state index in [9.17, 15) is 0 Å². The summed E-state index contributed by atoms with van der Waals surface area (Å²) in [4.78, 5) is 8.74. The second kappa shape index (κ2) is 9.56. The normalized spacial score (nSPS) is 4.00. The summed E-state index contributed by atoms with van der Waals surface area (Å²) in [5.74, 6) is 1.64. The first-order chi connectivity index (χ1) is 1.41. The maximum Gasteiger partial charge on any atom is 0 e. The van der Waals surface area contributed by atoms with Crippen molar-refractivity contribution in [3.63, 3.8) is 0 Å². The fourth-order valence-electron chi connectivity index (χ4n) is 0. The number of hydrogen-bond donors (Lipinski definition) is 0. The van der Waals surface area contributed by atoms with Crippen LogP contribution in [-0.4, -0.2) is 16.2 Å². The van der Waals surface area contributed by atoms with Gasteiger partial charge in [0, 0.05) is 21.1 Å². The zero-order chi connectivity index (χ0) is 2.71. The van der Waals surface area contributed by atoms with Crippen LogP contribution < -0.4 is 0 Å². The first-order valence-electron chi connectivity index (χ1n) is 0.704. The number of hydrogen-bond acceptors (Lipinski definition) is 1. The summed E-state index contributed by atoms with van der Waals surface area (Å²) in [5, 5.41) is 0. The molecule has 1 nitrogen and oxygen atoms in total. The van der Waals surface area contributed by atoms with Crippen molar-refractivity contribution >= 4 is 16.2 Å². The van der Waals surface area contributed by atoms with Gasteiger partial charge in [-0.3, -0.25) is 5.91 Å². The molecule has 4 heavy (non-hydrogen) atoms. The average Bonchev–Trinajstić information content (AvgIpc) is 0.918. The van der Waals surface area contributed by atoms with Gasteiger partial charge in [-0.25, -0.2) is 0 Å². The molecule has 0 aromatic carbocycles. The van der Waals surface area contributed by atoms with Crippen LogP contribution in [0.25, 0.3) is 0 Å². The van der Waals surface area contributed by atoms with E-state index < -0.39 is 0 Å². The van der Waals surface area contributed by atoms with E-state index in [0.717, 1.165) is 0 Å². The van der Waals surface area contributed by atoms with Crippen molar-refractivity contribution in [1.29, 1.82) is 0 Å². The van der Waals surface area contributed by atoms with Crippen molar-refractivity contribution in [2.75, 3.05) is 0 Å². The first-order valence-corrected chi connectivity index (χ1v) is 1.70. The second-order valence-electron chi connectivity index (χ2n) is 0.204. The van der Waals surface area contributed by atoms with Crippen LogP contribution in [0.1, 0.15) is 0 Å². The predicted octanol–water partition coefficient (Wildman–Crippen LogP) is -1.58. The molecule has 0 aliphatic rings. The Kier molecular flexibility index (Phi) is 21.1. The molecule has 3 heteroatoms. The Labute approximate surface area is 42.5 Å². The van der Waals surface area contributed by atoms with E-state index in [0.29, 0.717) is 10.2 Å². The monoisotopic (exact) mass is 157 g/mol. The summed E-state index contributed by atoms with van der Waals surface area (Å²) in [7, 11) is 0.563. The van der Waals surface area contributed by atoms with Crippen LogP contribution >= 0.6 is 0 Å². The predicted molar refractivity (Wildman–Crippen MR) is 15.6 cm³/mol. The summed E-state index contributed by atoms with van der Waals surface area (Å²) < 4.78 is 0. The van der Waals surface area contributed by atoms with E-state index in [4.69, 9.17) is 4.79 Å². The van der Waals surface area contributed by atoms with Gasteiger partial charge in [-0.2, -0.15) is 0 Å². The van der Waals surface area contributed by atoms with Crippen LogP contribution in [0.15, 0.2) is 0 Å². The van der Waals surface area contributed by atoms with Gasteiger partial charge in [0.25, 0.3) is 0 Å². The van der Waals surface area contributed by atoms with Crippen molar-refractivity contribution in [3.8, 4) is 0 Å². The van der Waals surface area contributed by atoms with E-state index >= 15 is 0 Å². The Morgan fingerprint density at radius 2 is 1.75 bits per heavy atom. The molecule has 24 valence electrons. The Morgan fingerprint density at radius 1 is 1.75 bits per heavy atom. The molecule has 0 aliphatic heterocycles. The largest absolute Gasteiger partial charge is 0.544 e. The molecule has 0 aliphatic carbocycles. The van der Waals surface area contributed by atoms with Crippen LogP contribution in [0.2, 0.25) is 0 Å². The van der Waals surface area contributed by atoms with Gasteiger partial charge in [0.1, 0.15) is 0 Å². The molecule has 0 bridgehead atoms. The van der Waals surface area contributed by atoms with Gasteiger partial charge < -0.3 is 4.79 Å². The van der Waals surface area contributed by atoms with Gasteiger partial charge in [0.05, 0.1) is 0 Å². The zero-order valence-corrected chi connectivity index (χ0v) is 6.32. The Morgan fingerprint density at radius 3 is 1.75 bits per heavy atom. The molecule has 0 heterocycles. The van der Waals surface area contributed by atoms with Crippen molar-refractivity contribution in [1.82, 2.24) is 0 Å². The van der Waals surface area contributed by atoms with Gasteiger partial charge in [-0.05, 0) is 0 Å². The summed E-state index contributed by atoms with van der Waals surface area (Å²) >= 11 is 0. The van der Waals surface area contributed by atoms with Crippen LogP contribution in [0, 0.1) is 0 Å². The van der Waals surface area contributed by atoms with Gasteiger partial charge in [0.15, 0.2) is 0 Å². The summed E-state index contributed by atoms with van der Waals surface area (Å²) in [6.07, 6.45) is 0. The van der Waals surface area contributed by atoms with E-state index in [1.165, 1.54) is 0 Å². The van der Waals surface area contributed by atoms with Gasteiger partial charge in [-0.1, -0.05) is 0 Å². The molecule has 0 spiro atoms. The van der Waals surface area contributed by atoms with Crippen molar-refractivity contribution in [3.05, 3.63) is 0 Å². The molecule has 0 radical (unpaired) electrons. The third-order valence-corrected chi connectivity index (χ3v) is 0. The maximum absolute atomic E-state index is 8.74. The van der Waals surface area contributed by atoms with Crippen LogP contribution in [0.5, 0.6) is 0 Å². The van der Waals surface area contributed by atoms with Crippen molar-refractivity contribution in [2.45, 2.75) is 0 Å². The molecule has 0 N–H and O–H groups in total. The van der Waals surface area contributed by atoms with E-state index in [1.54, 1.807) is 5.91 Å². The summed E-state index contributed by atoms with van der Waals surface area (Å²) in [6, 6.07) is 0. The van der Waals surface area contributed by atoms with Crippen LogP contribution in [-0.2, 0) is 25.9 Å². The fourth-order valence-corrected chi connectivity index (χ4v) is 0. The molecule has 0 fully saturated rings. The molecule has 0 rings (SSSR count). The summed E-state index contributed by atoms with van der Waals surface area (Å²) in [5.41, 5.74) is 0. The minimum Gasteiger partial charge on any atom is -0.544 e. The summed E-state index contributed by atoms with van der Waals surface area (Å²) in [6.45, 7) is 0. The van der Waals surface area contributed by atoms with Gasteiger partial charge in [-0.15, -0.1) is 10.2 Å². The fraction of sp³-hybridized carbons (Fsp3) is 0. The molecule has 0 amide bonds. The molecule has 0 aromatic rings. The van der Waals surface area contributed by atoms with Crippen molar-refractivity contribution < 1.29 is 25.9 Å². The topological polar surface area (TPSA) is 17.1 Å². The van der Waals surface area contributed by atoms with Gasteiger partial charge in [0.2, 0.25) is 0 Å². The molecule has 0 saturated heterocycles. The number of rotatable bonds is 0. The molecular weight excluding hydrogens is 152 g/mol. The minimum absolute atomic E-state index is 0. The van der Waals surface area contributed by atoms with Crippen LogP contribution in [0.4, 0.5) is 0 Å². The number of carbonyl (C=O) groups excluding carboxylic acids is 1. The first kappa shape index (κ1) is 8.82. The Balaban J connectivity index is 0. The van der Waals surface area contributed by atoms with E-state index in [1.807, 2.05) is 0 Å². The molecule has 0 unspecified atom stereocenters. The third-order valence-electron chi connectivity index (χ3n) is 0. The molecule has 0 atom stereocenters. The Bertz CT molecular complexity index is 15.5. The van der Waals surface area contributed by atoms with Gasteiger partial charge >= 0.3 is 0 Å². The Hall–Kier alpha value is 0.575. The average molecular weight is 155 g/mol. The smallest absolute Gasteiger partial charge is 0 e. The second-order valence-corrected chi connectivity index (χ2v) is 0.612. The van der Waals surface area contributed by atoms with E-state index in [2.05, 4.69) is 0 Å². The van der Waals surface area contributed by atoms with Crippen LogP contribution in [0.3, 0.4) is 0 Å². The minimum atomic E-state index is 0. The molecule has 0 aromatic heterocycles. The molecule has 0 saturated carbocycles. The maximum atomic E-state index is 8.74. The third kappa shape index (κ3) is 19.3. The molecular formula is CH3MoOSi-. The van der Waals surface area contributed by atoms with Crippen molar-refractivity contribution in [2.24, 2.45) is 0 Å². The zero-order valence-electron chi connectivity index (χ0n) is 2.32. The SMILES string of the molecule is O=[C-][SiH3].[Mo]. The quantitative estimate of drug-likeness (QED) is 0.304. The van der Waals surface area contributed by atoms with E-state index in [-0.39, 0.29) is 21.1 Å². The standard InChI is InChI=1S/CH3OSi.Mo/c2-1-3;/h3H3;/q-1;.